The minimum absolute atomic E-state index is 0.306. The molecule has 150 valence electrons. The molecular weight excluding hydrogens is 443 g/mol. The SMILES string of the molecule is C[C@H](Oc1ccc2ccccc2c1)C(=O)NNC(=O)COc1ccc(F)cc1Br. The smallest absolute Gasteiger partial charge is 0.279 e. The fourth-order valence-electron chi connectivity index (χ4n) is 2.50. The Morgan fingerprint density at radius 3 is 2.55 bits per heavy atom. The van der Waals surface area contributed by atoms with Crippen molar-refractivity contribution in [1.82, 2.24) is 10.9 Å². The van der Waals surface area contributed by atoms with Crippen LogP contribution in [0.1, 0.15) is 6.92 Å². The number of benzene rings is 3. The normalized spacial score (nSPS) is 11.6. The van der Waals surface area contributed by atoms with Crippen molar-refractivity contribution in [1.29, 1.82) is 0 Å². The van der Waals surface area contributed by atoms with E-state index in [1.165, 1.54) is 18.2 Å². The first kappa shape index (κ1) is 20.6. The third-order valence-electron chi connectivity index (χ3n) is 3.98. The number of halogens is 2. The Morgan fingerprint density at radius 1 is 1.03 bits per heavy atom. The molecule has 8 heteroatoms. The van der Waals surface area contributed by atoms with Crippen molar-refractivity contribution in [2.24, 2.45) is 0 Å². The first-order valence-electron chi connectivity index (χ1n) is 8.74. The number of carbonyl (C=O) groups is 2. The van der Waals surface area contributed by atoms with Gasteiger partial charge in [0.05, 0.1) is 4.47 Å². The highest BCUT2D eigenvalue weighted by Gasteiger charge is 2.16. The predicted octanol–water partition coefficient (Wildman–Crippen LogP) is 3.74. The minimum atomic E-state index is -0.830. The molecular formula is C21H18BrFN2O4. The highest BCUT2D eigenvalue weighted by atomic mass is 79.9. The minimum Gasteiger partial charge on any atom is -0.483 e. The first-order chi connectivity index (χ1) is 13.9. The maximum Gasteiger partial charge on any atom is 0.279 e. The molecule has 3 rings (SSSR count). The van der Waals surface area contributed by atoms with Gasteiger partial charge in [0.15, 0.2) is 12.7 Å². The third-order valence-corrected chi connectivity index (χ3v) is 4.60. The number of ether oxygens (including phenoxy) is 2. The van der Waals surface area contributed by atoms with Gasteiger partial charge in [-0.25, -0.2) is 4.39 Å². The van der Waals surface area contributed by atoms with E-state index in [0.717, 1.165) is 10.8 Å². The molecule has 3 aromatic rings. The summed E-state index contributed by atoms with van der Waals surface area (Å²) in [4.78, 5) is 24.0. The van der Waals surface area contributed by atoms with Gasteiger partial charge in [0, 0.05) is 0 Å². The lowest BCUT2D eigenvalue weighted by Crippen LogP contribution is -2.48. The van der Waals surface area contributed by atoms with Crippen LogP contribution >= 0.6 is 15.9 Å². The van der Waals surface area contributed by atoms with Crippen LogP contribution in [0.3, 0.4) is 0 Å². The van der Waals surface area contributed by atoms with Crippen molar-refractivity contribution >= 4 is 38.5 Å². The number of carbonyl (C=O) groups excluding carboxylic acids is 2. The largest absolute Gasteiger partial charge is 0.483 e. The van der Waals surface area contributed by atoms with Gasteiger partial charge in [-0.15, -0.1) is 0 Å². The van der Waals surface area contributed by atoms with E-state index in [2.05, 4.69) is 26.8 Å². The maximum atomic E-state index is 13.0. The summed E-state index contributed by atoms with van der Waals surface area (Å²) >= 11 is 3.14. The Morgan fingerprint density at radius 2 is 1.79 bits per heavy atom. The monoisotopic (exact) mass is 460 g/mol. The van der Waals surface area contributed by atoms with Crippen LogP contribution in [0, 0.1) is 5.82 Å². The van der Waals surface area contributed by atoms with E-state index in [4.69, 9.17) is 9.47 Å². The fourth-order valence-corrected chi connectivity index (χ4v) is 2.97. The van der Waals surface area contributed by atoms with Gasteiger partial charge in [-0.1, -0.05) is 30.3 Å². The van der Waals surface area contributed by atoms with Gasteiger partial charge in [0.1, 0.15) is 17.3 Å². The lowest BCUT2D eigenvalue weighted by molar-refractivity contribution is -0.133. The lowest BCUT2D eigenvalue weighted by Gasteiger charge is -2.16. The van der Waals surface area contributed by atoms with Crippen LogP contribution in [0.15, 0.2) is 65.1 Å². The molecule has 6 nitrogen and oxygen atoms in total. The fraction of sp³-hybridized carbons (Fsp3) is 0.143. The Balaban J connectivity index is 1.46. The summed E-state index contributed by atoms with van der Waals surface area (Å²) < 4.78 is 24.3. The zero-order chi connectivity index (χ0) is 20.8. The molecule has 1 atom stereocenters. The Bertz CT molecular complexity index is 1040. The second-order valence-corrected chi connectivity index (χ2v) is 7.02. The average Bonchev–Trinajstić information content (AvgIpc) is 2.71. The summed E-state index contributed by atoms with van der Waals surface area (Å²) in [5.74, 6) is -0.675. The Kier molecular flexibility index (Phi) is 6.66. The van der Waals surface area contributed by atoms with Crippen molar-refractivity contribution < 1.29 is 23.5 Å². The van der Waals surface area contributed by atoms with Crippen LogP contribution in [0.2, 0.25) is 0 Å². The third kappa shape index (κ3) is 5.68. The molecule has 2 amide bonds. The summed E-state index contributed by atoms with van der Waals surface area (Å²) in [5.41, 5.74) is 4.53. The number of rotatable bonds is 6. The number of hydrogen-bond donors (Lipinski definition) is 2. The molecule has 0 bridgehead atoms. The van der Waals surface area contributed by atoms with E-state index in [1.54, 1.807) is 13.0 Å². The van der Waals surface area contributed by atoms with E-state index >= 15 is 0 Å². The highest BCUT2D eigenvalue weighted by molar-refractivity contribution is 9.10. The molecule has 0 aliphatic heterocycles. The van der Waals surface area contributed by atoms with Gasteiger partial charge in [0.25, 0.3) is 11.8 Å². The van der Waals surface area contributed by atoms with Gasteiger partial charge in [-0.2, -0.15) is 0 Å². The van der Waals surface area contributed by atoms with Gasteiger partial charge >= 0.3 is 0 Å². The average molecular weight is 461 g/mol. The zero-order valence-electron chi connectivity index (χ0n) is 15.4. The van der Waals surface area contributed by atoms with Gasteiger partial charge in [0.2, 0.25) is 0 Å². The molecule has 3 aromatic carbocycles. The van der Waals surface area contributed by atoms with E-state index in [-0.39, 0.29) is 6.61 Å². The standard InChI is InChI=1S/C21H18BrFN2O4/c1-13(29-17-8-6-14-4-2-3-5-15(14)10-17)21(27)25-24-20(26)12-28-19-9-7-16(23)11-18(19)22/h2-11,13H,12H2,1H3,(H,24,26)(H,25,27)/t13-/m0/s1. The summed E-state index contributed by atoms with van der Waals surface area (Å²) in [7, 11) is 0. The van der Waals surface area contributed by atoms with Crippen molar-refractivity contribution in [3.63, 3.8) is 0 Å². The van der Waals surface area contributed by atoms with Crippen molar-refractivity contribution in [3.05, 3.63) is 71.0 Å². The summed E-state index contributed by atoms with van der Waals surface area (Å²) in [5, 5.41) is 2.06. The number of fused-ring (bicyclic) bond motifs is 1. The van der Waals surface area contributed by atoms with Crippen LogP contribution in [-0.2, 0) is 9.59 Å². The van der Waals surface area contributed by atoms with E-state index < -0.39 is 23.7 Å². The molecule has 0 saturated carbocycles. The molecule has 29 heavy (non-hydrogen) atoms. The lowest BCUT2D eigenvalue weighted by atomic mass is 10.1. The molecule has 0 saturated heterocycles. The quantitative estimate of drug-likeness (QED) is 0.549. The molecule has 0 aliphatic rings. The van der Waals surface area contributed by atoms with Gasteiger partial charge in [-0.3, -0.25) is 20.4 Å². The number of hydrazine groups is 1. The second kappa shape index (κ2) is 9.38. The topological polar surface area (TPSA) is 76.7 Å². The van der Waals surface area contributed by atoms with Crippen molar-refractivity contribution in [2.75, 3.05) is 6.61 Å². The van der Waals surface area contributed by atoms with Crippen LogP contribution in [0.5, 0.6) is 11.5 Å². The summed E-state index contributed by atoms with van der Waals surface area (Å²) in [6.45, 7) is 1.22. The van der Waals surface area contributed by atoms with Gasteiger partial charge < -0.3 is 9.47 Å². The highest BCUT2D eigenvalue weighted by Crippen LogP contribution is 2.25. The summed E-state index contributed by atoms with van der Waals surface area (Å²) in [6.07, 6.45) is -0.830. The van der Waals surface area contributed by atoms with E-state index in [9.17, 15) is 14.0 Å². The van der Waals surface area contributed by atoms with Crippen LogP contribution in [0.25, 0.3) is 10.8 Å². The molecule has 0 spiro atoms. The van der Waals surface area contributed by atoms with Crippen LogP contribution in [-0.4, -0.2) is 24.5 Å². The van der Waals surface area contributed by atoms with Crippen molar-refractivity contribution in [2.45, 2.75) is 13.0 Å². The molecule has 0 unspecified atom stereocenters. The van der Waals surface area contributed by atoms with E-state index in [1.807, 2.05) is 36.4 Å². The second-order valence-electron chi connectivity index (χ2n) is 6.17. The molecule has 0 fully saturated rings. The predicted molar refractivity (Wildman–Crippen MR) is 110 cm³/mol. The molecule has 0 radical (unpaired) electrons. The molecule has 0 aromatic heterocycles. The zero-order valence-corrected chi connectivity index (χ0v) is 17.0. The number of hydrogen-bond acceptors (Lipinski definition) is 4. The Hall–Kier alpha value is -3.13. The Labute approximate surface area is 175 Å². The van der Waals surface area contributed by atoms with Crippen LogP contribution < -0.4 is 20.3 Å². The molecule has 0 aliphatic carbocycles. The molecule has 0 heterocycles. The van der Waals surface area contributed by atoms with Crippen molar-refractivity contribution in [3.8, 4) is 11.5 Å². The first-order valence-corrected chi connectivity index (χ1v) is 9.53. The van der Waals surface area contributed by atoms with Gasteiger partial charge in [-0.05, 0) is 64.0 Å². The number of amides is 2. The summed E-state index contributed by atoms with van der Waals surface area (Å²) in [6, 6.07) is 17.2. The maximum absolute atomic E-state index is 13.0. The molecule has 2 N–H and O–H groups in total. The van der Waals surface area contributed by atoms with E-state index in [0.29, 0.717) is 16.0 Å². The number of nitrogens with one attached hydrogen (secondary N) is 2. The van der Waals surface area contributed by atoms with Crippen LogP contribution in [0.4, 0.5) is 4.39 Å².